The number of pyridine rings is 1. The average molecular weight is 321 g/mol. The van der Waals surface area contributed by atoms with E-state index >= 15 is 0 Å². The van der Waals surface area contributed by atoms with E-state index in [4.69, 9.17) is 11.5 Å². The maximum absolute atomic E-state index is 6.21. The summed E-state index contributed by atoms with van der Waals surface area (Å²) >= 11 is 0. The number of nitrogens with zero attached hydrogens (tertiary/aromatic N) is 3. The molecule has 0 fully saturated rings. The molecule has 0 saturated carbocycles. The Morgan fingerprint density at radius 3 is 2.58 bits per heavy atom. The van der Waals surface area contributed by atoms with Gasteiger partial charge in [-0.1, -0.05) is 43.3 Å². The van der Waals surface area contributed by atoms with E-state index in [1.807, 2.05) is 7.05 Å². The second kappa shape index (κ2) is 5.53. The summed E-state index contributed by atoms with van der Waals surface area (Å²) in [5.41, 5.74) is 18.9. The van der Waals surface area contributed by atoms with Gasteiger partial charge in [0.25, 0.3) is 0 Å². The highest BCUT2D eigenvalue weighted by atomic mass is 15.4. The summed E-state index contributed by atoms with van der Waals surface area (Å²) in [4.78, 5) is 4.63. The summed E-state index contributed by atoms with van der Waals surface area (Å²) in [6.07, 6.45) is 5.41. The van der Waals surface area contributed by atoms with Gasteiger partial charge in [0.2, 0.25) is 0 Å². The number of nitrogen functional groups attached to an aromatic ring is 1. The fourth-order valence-corrected chi connectivity index (χ4v) is 3.55. The molecular formula is C19H23N5. The monoisotopic (exact) mass is 321 g/mol. The van der Waals surface area contributed by atoms with Crippen molar-refractivity contribution in [2.45, 2.75) is 26.4 Å². The molecular weight excluding hydrogens is 298 g/mol. The number of rotatable bonds is 3. The van der Waals surface area contributed by atoms with Crippen molar-refractivity contribution in [1.82, 2.24) is 14.3 Å². The Morgan fingerprint density at radius 1 is 1.17 bits per heavy atom. The van der Waals surface area contributed by atoms with Gasteiger partial charge in [0, 0.05) is 19.2 Å². The second-order valence-electron chi connectivity index (χ2n) is 6.70. The zero-order valence-electron chi connectivity index (χ0n) is 14.2. The van der Waals surface area contributed by atoms with Gasteiger partial charge in [-0.05, 0) is 23.5 Å². The van der Waals surface area contributed by atoms with Gasteiger partial charge < -0.3 is 11.5 Å². The first-order valence-electron chi connectivity index (χ1n) is 8.38. The number of aryl methyl sites for hydroxylation is 1. The van der Waals surface area contributed by atoms with Crippen molar-refractivity contribution in [2.75, 3.05) is 5.73 Å². The number of nitrogens with two attached hydrogens (primary N) is 2. The lowest BCUT2D eigenvalue weighted by Gasteiger charge is -2.29. The molecule has 0 saturated heterocycles. The van der Waals surface area contributed by atoms with E-state index < -0.39 is 0 Å². The van der Waals surface area contributed by atoms with Crippen LogP contribution in [0.1, 0.15) is 29.3 Å². The minimum absolute atomic E-state index is 0.512. The van der Waals surface area contributed by atoms with Gasteiger partial charge >= 0.3 is 0 Å². The summed E-state index contributed by atoms with van der Waals surface area (Å²) in [5.74, 6) is 1.14. The third-order valence-corrected chi connectivity index (χ3v) is 4.93. The minimum atomic E-state index is 0.512. The molecule has 1 aliphatic rings. The molecule has 2 heterocycles. The van der Waals surface area contributed by atoms with Crippen molar-refractivity contribution < 1.29 is 0 Å². The third kappa shape index (κ3) is 2.24. The molecule has 2 aromatic heterocycles. The first-order valence-corrected chi connectivity index (χ1v) is 8.38. The smallest absolute Gasteiger partial charge is 0.151 e. The van der Waals surface area contributed by atoms with Gasteiger partial charge in [0.05, 0.1) is 17.8 Å². The number of hydrogen-bond acceptors (Lipinski definition) is 3. The normalized spacial score (nSPS) is 16.7. The third-order valence-electron chi connectivity index (χ3n) is 4.93. The molecule has 5 heteroatoms. The summed E-state index contributed by atoms with van der Waals surface area (Å²) in [7, 11) is 2.04. The van der Waals surface area contributed by atoms with E-state index in [1.165, 1.54) is 16.6 Å². The number of allylic oxidation sites excluding steroid dienone is 1. The Bertz CT molecular complexity index is 927. The minimum Gasteiger partial charge on any atom is -0.382 e. The van der Waals surface area contributed by atoms with Crippen LogP contribution in [0.2, 0.25) is 0 Å². The van der Waals surface area contributed by atoms with E-state index in [0.717, 1.165) is 29.7 Å². The quantitative estimate of drug-likeness (QED) is 0.779. The summed E-state index contributed by atoms with van der Waals surface area (Å²) < 4.78 is 4.37. The molecule has 0 bridgehead atoms. The zero-order chi connectivity index (χ0) is 16.8. The van der Waals surface area contributed by atoms with E-state index in [1.54, 1.807) is 0 Å². The van der Waals surface area contributed by atoms with Crippen molar-refractivity contribution in [2.24, 2.45) is 18.7 Å². The standard InChI is InChI=1S/C19H23N5/c1-12-3-8-15-16(9-12)22-19(21)18-17(15)24(23(18)2)11-14-6-4-13(10-20)5-7-14/h3-8,12H,9-11,20H2,1-2H3,(H2,21,22). The molecule has 1 aliphatic carbocycles. The SMILES string of the molecule is CC1C=Cc2c(nc(N)c3c2n(Cc2ccc(CN)cc2)n3C)C1. The first-order chi connectivity index (χ1) is 11.6. The Morgan fingerprint density at radius 2 is 1.88 bits per heavy atom. The van der Waals surface area contributed by atoms with Crippen LogP contribution in [-0.4, -0.2) is 14.3 Å². The molecule has 124 valence electrons. The summed E-state index contributed by atoms with van der Waals surface area (Å²) in [6, 6.07) is 8.47. The highest BCUT2D eigenvalue weighted by Gasteiger charge is 2.23. The van der Waals surface area contributed by atoms with Crippen LogP contribution in [0.4, 0.5) is 5.82 Å². The molecule has 3 aromatic rings. The van der Waals surface area contributed by atoms with Crippen molar-refractivity contribution in [3.8, 4) is 0 Å². The Kier molecular flexibility index (Phi) is 3.46. The van der Waals surface area contributed by atoms with E-state index in [0.29, 0.717) is 18.3 Å². The summed E-state index contributed by atoms with van der Waals surface area (Å²) in [6.45, 7) is 3.60. The molecule has 0 spiro atoms. The van der Waals surface area contributed by atoms with Gasteiger partial charge in [-0.15, -0.1) is 0 Å². The number of fused-ring (bicyclic) bond motifs is 3. The maximum atomic E-state index is 6.21. The highest BCUT2D eigenvalue weighted by molar-refractivity contribution is 5.95. The molecule has 24 heavy (non-hydrogen) atoms. The average Bonchev–Trinajstić information content (AvgIpc) is 2.58. The molecule has 4 N–H and O–H groups in total. The molecule has 0 aliphatic heterocycles. The lowest BCUT2D eigenvalue weighted by Crippen LogP contribution is -2.25. The van der Waals surface area contributed by atoms with Gasteiger partial charge in [-0.25, -0.2) is 4.98 Å². The Balaban J connectivity index is 1.79. The van der Waals surface area contributed by atoms with E-state index in [-0.39, 0.29) is 0 Å². The number of benzene rings is 1. The zero-order valence-corrected chi connectivity index (χ0v) is 14.2. The molecule has 0 amide bonds. The lowest BCUT2D eigenvalue weighted by atomic mass is 9.93. The van der Waals surface area contributed by atoms with Crippen LogP contribution in [0, 0.1) is 5.92 Å². The number of aromatic nitrogens is 3. The molecule has 5 nitrogen and oxygen atoms in total. The predicted molar refractivity (Wildman–Crippen MR) is 98.5 cm³/mol. The van der Waals surface area contributed by atoms with Crippen LogP contribution in [0.25, 0.3) is 17.1 Å². The fraction of sp³-hybridized carbons (Fsp3) is 0.316. The molecule has 0 radical (unpaired) electrons. The van der Waals surface area contributed by atoms with Crippen LogP contribution < -0.4 is 11.5 Å². The second-order valence-corrected chi connectivity index (χ2v) is 6.70. The number of anilines is 1. The van der Waals surface area contributed by atoms with Gasteiger partial charge in [0.15, 0.2) is 5.82 Å². The lowest BCUT2D eigenvalue weighted by molar-refractivity contribution is 0.543. The van der Waals surface area contributed by atoms with Crippen LogP contribution in [0.3, 0.4) is 0 Å². The van der Waals surface area contributed by atoms with Crippen molar-refractivity contribution in [3.05, 3.63) is 52.7 Å². The van der Waals surface area contributed by atoms with Crippen molar-refractivity contribution >= 4 is 22.9 Å². The van der Waals surface area contributed by atoms with Crippen LogP contribution in [0.5, 0.6) is 0 Å². The van der Waals surface area contributed by atoms with E-state index in [9.17, 15) is 0 Å². The van der Waals surface area contributed by atoms with Crippen LogP contribution in [-0.2, 0) is 26.6 Å². The maximum Gasteiger partial charge on any atom is 0.151 e. The first kappa shape index (κ1) is 15.0. The molecule has 1 aromatic carbocycles. The highest BCUT2D eigenvalue weighted by Crippen LogP contribution is 2.34. The Labute approximate surface area is 141 Å². The Hall–Kier alpha value is -2.53. The van der Waals surface area contributed by atoms with E-state index in [2.05, 4.69) is 57.7 Å². The van der Waals surface area contributed by atoms with Crippen molar-refractivity contribution in [3.63, 3.8) is 0 Å². The number of hydrogen-bond donors (Lipinski definition) is 2. The van der Waals surface area contributed by atoms with Crippen molar-refractivity contribution in [1.29, 1.82) is 0 Å². The topological polar surface area (TPSA) is 74.8 Å². The van der Waals surface area contributed by atoms with Gasteiger partial charge in [-0.2, -0.15) is 0 Å². The fourth-order valence-electron chi connectivity index (χ4n) is 3.55. The molecule has 1 unspecified atom stereocenters. The van der Waals surface area contributed by atoms with Gasteiger partial charge in [-0.3, -0.25) is 9.36 Å². The largest absolute Gasteiger partial charge is 0.382 e. The molecule has 4 rings (SSSR count). The molecule has 1 atom stereocenters. The van der Waals surface area contributed by atoms with Crippen LogP contribution >= 0.6 is 0 Å². The van der Waals surface area contributed by atoms with Crippen LogP contribution in [0.15, 0.2) is 30.3 Å². The predicted octanol–water partition coefficient (Wildman–Crippen LogP) is 2.67. The van der Waals surface area contributed by atoms with Gasteiger partial charge in [0.1, 0.15) is 5.52 Å². The summed E-state index contributed by atoms with van der Waals surface area (Å²) in [5, 5.41) is 0.